The number of para-hydroxylation sites is 1. The fraction of sp³-hybridized carbons (Fsp3) is 0.318. The first-order valence-electron chi connectivity index (χ1n) is 9.70. The van der Waals surface area contributed by atoms with Gasteiger partial charge in [0.05, 0.1) is 23.7 Å². The number of hydrogen-bond donors (Lipinski definition) is 1. The van der Waals surface area contributed by atoms with Crippen molar-refractivity contribution in [1.29, 1.82) is 0 Å². The zero-order chi connectivity index (χ0) is 20.4. The van der Waals surface area contributed by atoms with Gasteiger partial charge in [0, 0.05) is 30.2 Å². The van der Waals surface area contributed by atoms with Gasteiger partial charge in [0.15, 0.2) is 9.84 Å². The van der Waals surface area contributed by atoms with Gasteiger partial charge in [0.25, 0.3) is 0 Å². The van der Waals surface area contributed by atoms with Gasteiger partial charge in [-0.2, -0.15) is 0 Å². The number of benzene rings is 2. The number of nitrogens with zero attached hydrogens (tertiary/aromatic N) is 1. The first-order valence-corrected chi connectivity index (χ1v) is 11.2. The van der Waals surface area contributed by atoms with Crippen LogP contribution in [0.4, 0.5) is 0 Å². The van der Waals surface area contributed by atoms with Crippen LogP contribution < -0.4 is 4.74 Å². The van der Waals surface area contributed by atoms with Gasteiger partial charge in [-0.05, 0) is 48.7 Å². The van der Waals surface area contributed by atoms with Crippen molar-refractivity contribution in [3.8, 4) is 5.75 Å². The second kappa shape index (κ2) is 7.91. The van der Waals surface area contributed by atoms with Crippen LogP contribution in [0.5, 0.6) is 5.75 Å². The maximum absolute atomic E-state index is 12.9. The third-order valence-electron chi connectivity index (χ3n) is 5.64. The van der Waals surface area contributed by atoms with Crippen LogP contribution in [-0.2, 0) is 21.1 Å². The number of aromatic amines is 1. The van der Waals surface area contributed by atoms with Crippen LogP contribution in [0.15, 0.2) is 59.6 Å². The molecule has 1 aliphatic heterocycles. The molecule has 1 aromatic heterocycles. The zero-order valence-corrected chi connectivity index (χ0v) is 17.1. The molecular weight excluding hydrogens is 388 g/mol. The van der Waals surface area contributed by atoms with Crippen LogP contribution in [-0.4, -0.2) is 49.7 Å². The number of rotatable bonds is 5. The first kappa shape index (κ1) is 19.5. The lowest BCUT2D eigenvalue weighted by atomic mass is 10.1. The van der Waals surface area contributed by atoms with Crippen molar-refractivity contribution >= 4 is 26.6 Å². The Morgan fingerprint density at radius 3 is 2.48 bits per heavy atom. The smallest absolute Gasteiger partial charge is 0.227 e. The van der Waals surface area contributed by atoms with E-state index in [1.54, 1.807) is 36.3 Å². The summed E-state index contributed by atoms with van der Waals surface area (Å²) < 4.78 is 30.9. The van der Waals surface area contributed by atoms with Crippen LogP contribution in [0.3, 0.4) is 0 Å². The molecule has 1 N–H and O–H groups in total. The van der Waals surface area contributed by atoms with E-state index in [4.69, 9.17) is 4.74 Å². The molecule has 7 heteroatoms. The second-order valence-electron chi connectivity index (χ2n) is 7.34. The molecule has 1 saturated heterocycles. The van der Waals surface area contributed by atoms with E-state index in [-0.39, 0.29) is 5.91 Å². The number of H-pyrrole nitrogens is 1. The molecule has 0 unspecified atom stereocenters. The van der Waals surface area contributed by atoms with Gasteiger partial charge in [0.2, 0.25) is 5.91 Å². The Balaban J connectivity index is 1.40. The van der Waals surface area contributed by atoms with Crippen molar-refractivity contribution < 1.29 is 17.9 Å². The fourth-order valence-electron chi connectivity index (χ4n) is 3.93. The normalized spacial score (nSPS) is 15.6. The Morgan fingerprint density at radius 2 is 1.79 bits per heavy atom. The zero-order valence-electron chi connectivity index (χ0n) is 16.3. The maximum Gasteiger partial charge on any atom is 0.227 e. The topological polar surface area (TPSA) is 79.5 Å². The quantitative estimate of drug-likeness (QED) is 0.698. The van der Waals surface area contributed by atoms with Gasteiger partial charge in [-0.25, -0.2) is 8.42 Å². The number of amides is 1. The molecule has 0 radical (unpaired) electrons. The SMILES string of the molecule is COc1ccc(S(=O)(=O)C2CCN(C(=O)Cc3c[nH]c4ccccc34)CC2)cc1. The van der Waals surface area contributed by atoms with E-state index in [0.717, 1.165) is 16.5 Å². The number of ether oxygens (including phenoxy) is 1. The molecule has 1 aliphatic rings. The fourth-order valence-corrected chi connectivity index (χ4v) is 5.66. The molecule has 1 fully saturated rings. The van der Waals surface area contributed by atoms with Gasteiger partial charge >= 0.3 is 0 Å². The third kappa shape index (κ3) is 3.87. The Hall–Kier alpha value is -2.80. The lowest BCUT2D eigenvalue weighted by molar-refractivity contribution is -0.131. The van der Waals surface area contributed by atoms with Crippen LogP contribution in [0, 0.1) is 0 Å². The summed E-state index contributed by atoms with van der Waals surface area (Å²) in [4.78, 5) is 18.0. The molecule has 2 aromatic carbocycles. The van der Waals surface area contributed by atoms with Crippen LogP contribution in [0.2, 0.25) is 0 Å². The van der Waals surface area contributed by atoms with E-state index in [9.17, 15) is 13.2 Å². The van der Waals surface area contributed by atoms with E-state index in [1.165, 1.54) is 0 Å². The summed E-state index contributed by atoms with van der Waals surface area (Å²) in [6.45, 7) is 0.919. The minimum Gasteiger partial charge on any atom is -0.497 e. The lowest BCUT2D eigenvalue weighted by Gasteiger charge is -2.31. The summed E-state index contributed by atoms with van der Waals surface area (Å²) in [5.41, 5.74) is 1.98. The summed E-state index contributed by atoms with van der Waals surface area (Å²) in [6, 6.07) is 14.4. The van der Waals surface area contributed by atoms with E-state index in [2.05, 4.69) is 4.98 Å². The molecule has 0 saturated carbocycles. The highest BCUT2D eigenvalue weighted by molar-refractivity contribution is 7.92. The van der Waals surface area contributed by atoms with E-state index in [1.807, 2.05) is 30.5 Å². The highest BCUT2D eigenvalue weighted by Gasteiger charge is 2.32. The number of piperidine rings is 1. The largest absolute Gasteiger partial charge is 0.497 e. The summed E-state index contributed by atoms with van der Waals surface area (Å²) in [6.07, 6.45) is 3.10. The molecular formula is C22H24N2O4S. The molecule has 0 bridgehead atoms. The Kier molecular flexibility index (Phi) is 5.32. The standard InChI is InChI=1S/C22H24N2O4S/c1-28-17-6-8-18(9-7-17)29(26,27)19-10-12-24(13-11-19)22(25)14-16-15-23-21-5-3-2-4-20(16)21/h2-9,15,19,23H,10-14H2,1H3. The average Bonchev–Trinajstić information content (AvgIpc) is 3.16. The number of aromatic nitrogens is 1. The van der Waals surface area contributed by atoms with Gasteiger partial charge in [-0.1, -0.05) is 18.2 Å². The molecule has 3 aromatic rings. The number of carbonyl (C=O) groups is 1. The molecule has 0 aliphatic carbocycles. The molecule has 152 valence electrons. The third-order valence-corrected chi connectivity index (χ3v) is 7.92. The Labute approximate surface area is 170 Å². The second-order valence-corrected chi connectivity index (χ2v) is 9.57. The maximum atomic E-state index is 12.9. The monoisotopic (exact) mass is 412 g/mol. The number of likely N-dealkylation sites (tertiary alicyclic amines) is 1. The van der Waals surface area contributed by atoms with Crippen LogP contribution in [0.25, 0.3) is 10.9 Å². The Morgan fingerprint density at radius 1 is 1.10 bits per heavy atom. The van der Waals surface area contributed by atoms with Gasteiger partial charge < -0.3 is 14.6 Å². The highest BCUT2D eigenvalue weighted by Crippen LogP contribution is 2.27. The predicted molar refractivity (Wildman–Crippen MR) is 112 cm³/mol. The van der Waals surface area contributed by atoms with E-state index >= 15 is 0 Å². The number of nitrogens with one attached hydrogen (secondary N) is 1. The number of hydrogen-bond acceptors (Lipinski definition) is 4. The number of sulfone groups is 1. The van der Waals surface area contributed by atoms with Crippen LogP contribution in [0.1, 0.15) is 18.4 Å². The number of carbonyl (C=O) groups excluding carboxylic acids is 1. The first-order chi connectivity index (χ1) is 14.0. The van der Waals surface area contributed by atoms with Gasteiger partial charge in [-0.3, -0.25) is 4.79 Å². The molecule has 0 spiro atoms. The average molecular weight is 413 g/mol. The summed E-state index contributed by atoms with van der Waals surface area (Å²) >= 11 is 0. The molecule has 29 heavy (non-hydrogen) atoms. The predicted octanol–water partition coefficient (Wildman–Crippen LogP) is 3.18. The van der Waals surface area contributed by atoms with Crippen molar-refractivity contribution in [2.45, 2.75) is 29.4 Å². The van der Waals surface area contributed by atoms with Gasteiger partial charge in [-0.15, -0.1) is 0 Å². The minimum absolute atomic E-state index is 0.0371. The molecule has 6 nitrogen and oxygen atoms in total. The molecule has 0 atom stereocenters. The Bertz CT molecular complexity index is 1110. The highest BCUT2D eigenvalue weighted by atomic mass is 32.2. The van der Waals surface area contributed by atoms with Crippen LogP contribution >= 0.6 is 0 Å². The van der Waals surface area contributed by atoms with E-state index in [0.29, 0.717) is 43.0 Å². The number of methoxy groups -OCH3 is 1. The molecule has 4 rings (SSSR count). The summed E-state index contributed by atoms with van der Waals surface area (Å²) in [7, 11) is -1.87. The van der Waals surface area contributed by atoms with Crippen molar-refractivity contribution in [2.24, 2.45) is 0 Å². The van der Waals surface area contributed by atoms with Gasteiger partial charge in [0.1, 0.15) is 5.75 Å². The van der Waals surface area contributed by atoms with Crippen molar-refractivity contribution in [1.82, 2.24) is 9.88 Å². The number of fused-ring (bicyclic) bond motifs is 1. The van der Waals surface area contributed by atoms with E-state index < -0.39 is 15.1 Å². The summed E-state index contributed by atoms with van der Waals surface area (Å²) in [5.74, 6) is 0.664. The van der Waals surface area contributed by atoms with Crippen molar-refractivity contribution in [3.05, 3.63) is 60.3 Å². The summed E-state index contributed by atoms with van der Waals surface area (Å²) in [5, 5.41) is 0.589. The lowest BCUT2D eigenvalue weighted by Crippen LogP contribution is -2.43. The minimum atomic E-state index is -3.41. The van der Waals surface area contributed by atoms with Crippen molar-refractivity contribution in [3.63, 3.8) is 0 Å². The van der Waals surface area contributed by atoms with Crippen molar-refractivity contribution in [2.75, 3.05) is 20.2 Å². The molecule has 2 heterocycles. The molecule has 1 amide bonds.